The van der Waals surface area contributed by atoms with E-state index in [2.05, 4.69) is 14.2 Å². The van der Waals surface area contributed by atoms with Gasteiger partial charge in [-0.2, -0.15) is 0 Å². The first-order valence-electron chi connectivity index (χ1n) is 2.65. The van der Waals surface area contributed by atoms with Crippen LogP contribution in [0.15, 0.2) is 0 Å². The first-order valence-corrected chi connectivity index (χ1v) is 2.65. The Bertz CT molecular complexity index is 175. The van der Waals surface area contributed by atoms with Gasteiger partial charge >= 0.3 is 115 Å². The van der Waals surface area contributed by atoms with Crippen molar-refractivity contribution in [2.45, 2.75) is 0 Å². The van der Waals surface area contributed by atoms with Crippen LogP contribution in [0.5, 0.6) is 0 Å². The maximum absolute atomic E-state index is 10.0. The molecule has 0 heterocycles. The van der Waals surface area contributed by atoms with Gasteiger partial charge in [-0.3, -0.25) is 0 Å². The van der Waals surface area contributed by atoms with Gasteiger partial charge in [0.15, 0.2) is 0 Å². The van der Waals surface area contributed by atoms with Crippen molar-refractivity contribution in [2.75, 3.05) is 14.2 Å². The van der Waals surface area contributed by atoms with Gasteiger partial charge in [0, 0.05) is 0 Å². The first kappa shape index (κ1) is 25.2. The summed E-state index contributed by atoms with van der Waals surface area (Å²) in [7, 11) is 2.18. The normalized spacial score (nSPS) is 6.27. The number of ether oxygens (including phenoxy) is 3. The minimum absolute atomic E-state index is 0. The van der Waals surface area contributed by atoms with Crippen LogP contribution in [0.4, 0.5) is 14.4 Å². The Labute approximate surface area is 170 Å². The second-order valence-corrected chi connectivity index (χ2v) is 1.26. The quantitative estimate of drug-likeness (QED) is 0.242. The Morgan fingerprint density at radius 2 is 1.07 bits per heavy atom. The van der Waals surface area contributed by atoms with Gasteiger partial charge in [0.2, 0.25) is 0 Å². The van der Waals surface area contributed by atoms with Crippen LogP contribution in [0.2, 0.25) is 0 Å². The van der Waals surface area contributed by atoms with Crippen molar-refractivity contribution < 1.29 is 142 Å². The summed E-state index contributed by atoms with van der Waals surface area (Å²) in [5, 5.41) is 16.7. The molecular weight excluding hydrogens is 266 g/mol. The standard InChI is InChI=1S/C4H6O5.CH2O3.2K/c1-7-3(5)9-4(6)8-2;2-1(3)4;;/h1-2H3;(H2,2,3,4);;/q;;2*+1/p-2. The SMILES string of the molecule is COC(=O)OC(=O)OC.O=C([O-])[O-].[K+].[K+]. The topological polar surface area (TPSA) is 125 Å². The molecule has 0 N–H and O–H groups in total. The van der Waals surface area contributed by atoms with Crippen LogP contribution < -0.4 is 113 Å². The van der Waals surface area contributed by atoms with Gasteiger partial charge in [-0.1, -0.05) is 0 Å². The van der Waals surface area contributed by atoms with Crippen LogP contribution in [0.3, 0.4) is 0 Å². The second kappa shape index (κ2) is 17.7. The number of hydrogen-bond donors (Lipinski definition) is 0. The van der Waals surface area contributed by atoms with Gasteiger partial charge in [0.25, 0.3) is 0 Å². The Kier molecular flexibility index (Phi) is 29.7. The smallest absolute Gasteiger partial charge is 0.652 e. The van der Waals surface area contributed by atoms with Crippen molar-refractivity contribution in [3.8, 4) is 0 Å². The van der Waals surface area contributed by atoms with E-state index in [1.54, 1.807) is 0 Å². The maximum Gasteiger partial charge on any atom is 1.00 e. The van der Waals surface area contributed by atoms with E-state index in [1.165, 1.54) is 0 Å². The van der Waals surface area contributed by atoms with Crippen LogP contribution in [-0.4, -0.2) is 32.7 Å². The van der Waals surface area contributed by atoms with Crippen molar-refractivity contribution in [1.82, 2.24) is 0 Å². The fourth-order valence-corrected chi connectivity index (χ4v) is 0.151. The van der Waals surface area contributed by atoms with Gasteiger partial charge in [0.1, 0.15) is 0 Å². The number of carbonyl (C=O) groups excluding carboxylic acids is 3. The van der Waals surface area contributed by atoms with Gasteiger partial charge in [-0.05, 0) is 6.16 Å². The summed E-state index contributed by atoms with van der Waals surface area (Å²) in [6, 6.07) is 0. The van der Waals surface area contributed by atoms with Gasteiger partial charge in [0.05, 0.1) is 14.2 Å². The maximum atomic E-state index is 10.0. The molecule has 0 amide bonds. The summed E-state index contributed by atoms with van der Waals surface area (Å²) in [6.45, 7) is 0. The monoisotopic (exact) mass is 272 g/mol. The molecule has 76 valence electrons. The Balaban J connectivity index is -0.0000000883. The molecule has 15 heavy (non-hydrogen) atoms. The summed E-state index contributed by atoms with van der Waals surface area (Å²) >= 11 is 0. The minimum Gasteiger partial charge on any atom is -0.652 e. The number of rotatable bonds is 0. The van der Waals surface area contributed by atoms with E-state index < -0.39 is 18.5 Å². The zero-order valence-electron chi connectivity index (χ0n) is 8.77. The van der Waals surface area contributed by atoms with E-state index in [4.69, 9.17) is 15.0 Å². The second-order valence-electron chi connectivity index (χ2n) is 1.26. The fraction of sp³-hybridized carbons (Fsp3) is 0.400. The zero-order valence-corrected chi connectivity index (χ0v) is 15.0. The molecule has 0 fully saturated rings. The van der Waals surface area contributed by atoms with Crippen LogP contribution in [-0.2, 0) is 14.2 Å². The van der Waals surface area contributed by atoms with Crippen molar-refractivity contribution in [3.63, 3.8) is 0 Å². The van der Waals surface area contributed by atoms with Crippen LogP contribution in [0.1, 0.15) is 0 Å². The fourth-order valence-electron chi connectivity index (χ4n) is 0.151. The van der Waals surface area contributed by atoms with Gasteiger partial charge < -0.3 is 29.2 Å². The van der Waals surface area contributed by atoms with Crippen molar-refractivity contribution in [2.24, 2.45) is 0 Å². The molecule has 0 aliphatic carbocycles. The molecule has 0 atom stereocenters. The third-order valence-electron chi connectivity index (χ3n) is 0.500. The van der Waals surface area contributed by atoms with E-state index in [-0.39, 0.29) is 103 Å². The molecule has 8 nitrogen and oxygen atoms in total. The largest absolute Gasteiger partial charge is 1.00 e. The third kappa shape index (κ3) is 31.3. The molecule has 0 bridgehead atoms. The summed E-state index contributed by atoms with van der Waals surface area (Å²) in [5.41, 5.74) is 0. The van der Waals surface area contributed by atoms with E-state index >= 15 is 0 Å². The molecule has 0 aromatic carbocycles. The summed E-state index contributed by atoms with van der Waals surface area (Å²) in [4.78, 5) is 28.4. The van der Waals surface area contributed by atoms with Crippen LogP contribution in [0.25, 0.3) is 0 Å². The van der Waals surface area contributed by atoms with Crippen molar-refractivity contribution in [1.29, 1.82) is 0 Å². The molecule has 0 spiro atoms. The van der Waals surface area contributed by atoms with Crippen LogP contribution in [0, 0.1) is 0 Å². The zero-order chi connectivity index (χ0) is 10.9. The van der Waals surface area contributed by atoms with Gasteiger partial charge in [-0.25, -0.2) is 9.59 Å². The molecule has 0 aromatic heterocycles. The summed E-state index contributed by atoms with van der Waals surface area (Å²) in [6.07, 6.45) is -4.50. The Morgan fingerprint density at radius 3 is 1.20 bits per heavy atom. The van der Waals surface area contributed by atoms with E-state index in [0.717, 1.165) is 14.2 Å². The molecule has 0 unspecified atom stereocenters. The predicted octanol–water partition coefficient (Wildman–Crippen LogP) is -7.90. The Morgan fingerprint density at radius 1 is 0.867 bits per heavy atom. The number of carbonyl (C=O) groups is 3. The molecular formula is C5H6K2O8. The molecule has 0 radical (unpaired) electrons. The molecule has 10 heteroatoms. The number of methoxy groups -OCH3 is 2. The molecule has 0 aromatic rings. The minimum atomic E-state index is -2.33. The summed E-state index contributed by atoms with van der Waals surface area (Å²) in [5.74, 6) is 0. The number of hydrogen-bond acceptors (Lipinski definition) is 8. The van der Waals surface area contributed by atoms with Gasteiger partial charge in [-0.15, -0.1) is 0 Å². The van der Waals surface area contributed by atoms with E-state index in [9.17, 15) is 9.59 Å². The average molecular weight is 272 g/mol. The molecule has 0 saturated heterocycles. The number of carboxylic acid groups (broad SMARTS) is 2. The molecule has 0 aliphatic rings. The predicted molar refractivity (Wildman–Crippen MR) is 31.3 cm³/mol. The molecule has 0 saturated carbocycles. The van der Waals surface area contributed by atoms with E-state index in [1.807, 2.05) is 0 Å². The molecule has 0 rings (SSSR count). The Hall–Kier alpha value is 1.28. The average Bonchev–Trinajstić information content (AvgIpc) is 2.03. The van der Waals surface area contributed by atoms with Crippen molar-refractivity contribution in [3.05, 3.63) is 0 Å². The van der Waals surface area contributed by atoms with Crippen molar-refractivity contribution >= 4 is 18.5 Å². The first-order chi connectivity index (χ1) is 5.93. The van der Waals surface area contributed by atoms with E-state index in [0.29, 0.717) is 0 Å². The third-order valence-corrected chi connectivity index (χ3v) is 0.500. The van der Waals surface area contributed by atoms with Crippen LogP contribution >= 0.6 is 0 Å². The summed E-state index contributed by atoms with van der Waals surface area (Å²) < 4.78 is 11.7. The molecule has 0 aliphatic heterocycles.